The molecule has 0 unspecified atom stereocenters. The van der Waals surface area contributed by atoms with Crippen LogP contribution in [0, 0.1) is 0 Å². The lowest BCUT2D eigenvalue weighted by Gasteiger charge is -2.14. The average molecular weight is 382 g/mol. The van der Waals surface area contributed by atoms with Crippen LogP contribution in [0.25, 0.3) is 10.2 Å². The molecule has 0 bridgehead atoms. The van der Waals surface area contributed by atoms with Gasteiger partial charge in [0.15, 0.2) is 0 Å². The highest BCUT2D eigenvalue weighted by Crippen LogP contribution is 2.33. The Bertz CT molecular complexity index is 1050. The quantitative estimate of drug-likeness (QED) is 0.616. The molecule has 0 radical (unpaired) electrons. The van der Waals surface area contributed by atoms with Gasteiger partial charge in [-0.15, -0.1) is 11.3 Å². The second kappa shape index (κ2) is 7.64. The van der Waals surface area contributed by atoms with Crippen LogP contribution in [0.1, 0.15) is 49.1 Å². The molecule has 1 aromatic carbocycles. The van der Waals surface area contributed by atoms with Gasteiger partial charge in [0.05, 0.1) is 17.7 Å². The van der Waals surface area contributed by atoms with E-state index >= 15 is 0 Å². The second-order valence-electron chi connectivity index (χ2n) is 6.90. The standard InChI is InChI=1S/C21H23N3O2S/c1-3-14(2)26-17-10-6-4-8-15(17)12-23-24-13-22-20-19(21(24)25)16-9-5-7-11-18(16)27-20/h4,6,8,10,12-14H,3,5,7,9,11H2,1-2H3/b23-12-/t14-/m0/s1. The molecule has 140 valence electrons. The van der Waals surface area contributed by atoms with E-state index in [1.54, 1.807) is 17.6 Å². The van der Waals surface area contributed by atoms with Crippen LogP contribution in [0.5, 0.6) is 5.75 Å². The van der Waals surface area contributed by atoms with Gasteiger partial charge in [0.2, 0.25) is 0 Å². The van der Waals surface area contributed by atoms with E-state index in [1.165, 1.54) is 27.9 Å². The predicted octanol–water partition coefficient (Wildman–Crippen LogP) is 4.40. The van der Waals surface area contributed by atoms with Crippen molar-refractivity contribution in [3.63, 3.8) is 0 Å². The maximum absolute atomic E-state index is 13.0. The van der Waals surface area contributed by atoms with Crippen molar-refractivity contribution in [1.29, 1.82) is 0 Å². The van der Waals surface area contributed by atoms with Crippen LogP contribution in [-0.2, 0) is 12.8 Å². The molecule has 3 aromatic rings. The van der Waals surface area contributed by atoms with E-state index in [0.29, 0.717) is 0 Å². The van der Waals surface area contributed by atoms with Crippen molar-refractivity contribution in [3.05, 3.63) is 57.0 Å². The van der Waals surface area contributed by atoms with Crippen molar-refractivity contribution in [3.8, 4) is 5.75 Å². The molecule has 0 saturated carbocycles. The van der Waals surface area contributed by atoms with Crippen molar-refractivity contribution in [1.82, 2.24) is 9.66 Å². The van der Waals surface area contributed by atoms with Gasteiger partial charge in [0.1, 0.15) is 16.9 Å². The number of thiophene rings is 1. The third-order valence-electron chi connectivity index (χ3n) is 5.00. The lowest BCUT2D eigenvalue weighted by atomic mass is 9.97. The smallest absolute Gasteiger partial charge is 0.282 e. The molecule has 2 heterocycles. The molecule has 5 nitrogen and oxygen atoms in total. The minimum Gasteiger partial charge on any atom is -0.490 e. The van der Waals surface area contributed by atoms with Gasteiger partial charge in [-0.25, -0.2) is 4.98 Å². The van der Waals surface area contributed by atoms with Crippen molar-refractivity contribution in [2.75, 3.05) is 0 Å². The first-order chi connectivity index (χ1) is 13.2. The van der Waals surface area contributed by atoms with Gasteiger partial charge < -0.3 is 4.74 Å². The van der Waals surface area contributed by atoms with Crippen molar-refractivity contribution in [2.45, 2.75) is 52.1 Å². The maximum Gasteiger partial charge on any atom is 0.282 e. The fourth-order valence-corrected chi connectivity index (χ4v) is 4.56. The van der Waals surface area contributed by atoms with E-state index in [9.17, 15) is 4.79 Å². The van der Waals surface area contributed by atoms with E-state index in [2.05, 4.69) is 17.0 Å². The zero-order valence-electron chi connectivity index (χ0n) is 15.6. The molecule has 0 saturated heterocycles. The SMILES string of the molecule is CC[C@H](C)Oc1ccccc1/C=N\n1cnc2sc3c(c2c1=O)CCCC3. The molecule has 4 rings (SSSR count). The number of aromatic nitrogens is 2. The van der Waals surface area contributed by atoms with Crippen molar-refractivity contribution < 1.29 is 4.74 Å². The van der Waals surface area contributed by atoms with Gasteiger partial charge in [-0.2, -0.15) is 9.78 Å². The fourth-order valence-electron chi connectivity index (χ4n) is 3.34. The maximum atomic E-state index is 13.0. The van der Waals surface area contributed by atoms with E-state index < -0.39 is 0 Å². The minimum atomic E-state index is -0.0871. The van der Waals surface area contributed by atoms with E-state index in [-0.39, 0.29) is 11.7 Å². The molecule has 0 fully saturated rings. The number of fused-ring (bicyclic) bond motifs is 3. The van der Waals surface area contributed by atoms with Gasteiger partial charge in [-0.3, -0.25) is 4.79 Å². The van der Waals surface area contributed by atoms with Crippen LogP contribution in [0.2, 0.25) is 0 Å². The summed E-state index contributed by atoms with van der Waals surface area (Å²) in [4.78, 5) is 19.6. The fraction of sp³-hybridized carbons (Fsp3) is 0.381. The number of hydrogen-bond donors (Lipinski definition) is 0. The minimum absolute atomic E-state index is 0.0871. The van der Waals surface area contributed by atoms with E-state index in [1.807, 2.05) is 31.2 Å². The number of para-hydroxylation sites is 1. The largest absolute Gasteiger partial charge is 0.490 e. The summed E-state index contributed by atoms with van der Waals surface area (Å²) >= 11 is 1.65. The molecule has 0 spiro atoms. The van der Waals surface area contributed by atoms with Crippen molar-refractivity contribution in [2.24, 2.45) is 5.10 Å². The molecular weight excluding hydrogens is 358 g/mol. The summed E-state index contributed by atoms with van der Waals surface area (Å²) in [6.07, 6.45) is 8.58. The summed E-state index contributed by atoms with van der Waals surface area (Å²) in [7, 11) is 0. The van der Waals surface area contributed by atoms with Gasteiger partial charge in [-0.1, -0.05) is 19.1 Å². The molecule has 6 heteroatoms. The van der Waals surface area contributed by atoms with Crippen LogP contribution in [0.15, 0.2) is 40.5 Å². The Morgan fingerprint density at radius 2 is 2.15 bits per heavy atom. The Labute approximate surface area is 162 Å². The summed E-state index contributed by atoms with van der Waals surface area (Å²) in [6.45, 7) is 4.12. The molecule has 1 aliphatic rings. The lowest BCUT2D eigenvalue weighted by molar-refractivity contribution is 0.217. The molecular formula is C21H23N3O2S. The Balaban J connectivity index is 1.70. The highest BCUT2D eigenvalue weighted by Gasteiger charge is 2.19. The number of rotatable bonds is 5. The molecule has 0 amide bonds. The van der Waals surface area contributed by atoms with Gasteiger partial charge >= 0.3 is 0 Å². The third kappa shape index (κ3) is 3.54. The monoisotopic (exact) mass is 381 g/mol. The first-order valence-corrected chi connectivity index (χ1v) is 10.3. The van der Waals surface area contributed by atoms with Crippen LogP contribution in [0.4, 0.5) is 0 Å². The summed E-state index contributed by atoms with van der Waals surface area (Å²) in [5.74, 6) is 0.769. The Morgan fingerprint density at radius 1 is 1.33 bits per heavy atom. The van der Waals surface area contributed by atoms with Crippen LogP contribution < -0.4 is 10.3 Å². The molecule has 1 atom stereocenters. The van der Waals surface area contributed by atoms with E-state index in [4.69, 9.17) is 4.74 Å². The number of nitrogens with zero attached hydrogens (tertiary/aromatic N) is 3. The van der Waals surface area contributed by atoms with Gasteiger partial charge in [0, 0.05) is 10.4 Å². The molecule has 1 aliphatic carbocycles. The molecule has 27 heavy (non-hydrogen) atoms. The number of ether oxygens (including phenoxy) is 1. The second-order valence-corrected chi connectivity index (χ2v) is 7.99. The summed E-state index contributed by atoms with van der Waals surface area (Å²) in [5, 5.41) is 5.14. The van der Waals surface area contributed by atoms with Crippen LogP contribution in [0.3, 0.4) is 0 Å². The summed E-state index contributed by atoms with van der Waals surface area (Å²) < 4.78 is 7.29. The predicted molar refractivity (Wildman–Crippen MR) is 110 cm³/mol. The zero-order chi connectivity index (χ0) is 18.8. The van der Waals surface area contributed by atoms with Gasteiger partial charge in [-0.05, 0) is 56.7 Å². The topological polar surface area (TPSA) is 56.5 Å². The molecule has 0 N–H and O–H groups in total. The highest BCUT2D eigenvalue weighted by molar-refractivity contribution is 7.18. The molecule has 0 aliphatic heterocycles. The first-order valence-electron chi connectivity index (χ1n) is 9.49. The normalized spacial score (nSPS) is 15.2. The van der Waals surface area contributed by atoms with Gasteiger partial charge in [0.25, 0.3) is 5.56 Å². The Kier molecular flexibility index (Phi) is 5.07. The first kappa shape index (κ1) is 17.9. The number of benzene rings is 1. The van der Waals surface area contributed by atoms with E-state index in [0.717, 1.165) is 47.2 Å². The zero-order valence-corrected chi connectivity index (χ0v) is 16.5. The lowest BCUT2D eigenvalue weighted by Crippen LogP contribution is -2.18. The summed E-state index contributed by atoms with van der Waals surface area (Å²) in [5.41, 5.74) is 1.94. The Morgan fingerprint density at radius 3 is 3.00 bits per heavy atom. The van der Waals surface area contributed by atoms with Crippen molar-refractivity contribution >= 4 is 27.8 Å². The third-order valence-corrected chi connectivity index (χ3v) is 6.20. The highest BCUT2D eigenvalue weighted by atomic mass is 32.1. The number of aryl methyl sites for hydroxylation is 2. The Hall–Kier alpha value is -2.47. The average Bonchev–Trinajstić information content (AvgIpc) is 3.07. The van der Waals surface area contributed by atoms with Crippen LogP contribution in [-0.4, -0.2) is 22.0 Å². The van der Waals surface area contributed by atoms with Crippen LogP contribution >= 0.6 is 11.3 Å². The number of hydrogen-bond acceptors (Lipinski definition) is 5. The molecule has 2 aromatic heterocycles. The summed E-state index contributed by atoms with van der Waals surface area (Å²) in [6, 6.07) is 7.73.